The normalized spacial score (nSPS) is 11.2. The summed E-state index contributed by atoms with van der Waals surface area (Å²) in [6.07, 6.45) is 0. The van der Waals surface area contributed by atoms with E-state index in [4.69, 9.17) is 0 Å². The Labute approximate surface area is 160 Å². The van der Waals surface area contributed by atoms with Gasteiger partial charge in [0.2, 0.25) is 5.91 Å². The van der Waals surface area contributed by atoms with Crippen molar-refractivity contribution < 1.29 is 4.79 Å². The minimum Gasteiger partial charge on any atom is -0.324 e. The first-order valence-corrected chi connectivity index (χ1v) is 8.91. The molecule has 0 unspecified atom stereocenters. The van der Waals surface area contributed by atoms with Crippen molar-refractivity contribution in [3.05, 3.63) is 74.9 Å². The van der Waals surface area contributed by atoms with Gasteiger partial charge in [-0.3, -0.25) is 23.3 Å². The van der Waals surface area contributed by atoms with E-state index in [2.05, 4.69) is 5.32 Å². The molecule has 7 heteroatoms. The smallest absolute Gasteiger partial charge is 0.324 e. The molecule has 0 aliphatic heterocycles. The van der Waals surface area contributed by atoms with Crippen LogP contribution in [-0.2, 0) is 25.4 Å². The zero-order chi connectivity index (χ0) is 20.0. The maximum atomic E-state index is 12.6. The van der Waals surface area contributed by atoms with E-state index in [9.17, 15) is 14.4 Å². The molecular formula is C21H20N4O3. The number of carbonyl (C=O) groups excluding carboxylic acids is 1. The van der Waals surface area contributed by atoms with E-state index in [1.54, 1.807) is 42.9 Å². The van der Waals surface area contributed by atoms with Gasteiger partial charge in [0.05, 0.1) is 16.6 Å². The number of aryl methyl sites for hydroxylation is 3. The monoisotopic (exact) mass is 376 g/mol. The second-order valence-corrected chi connectivity index (χ2v) is 6.92. The average Bonchev–Trinajstić information content (AvgIpc) is 2.89. The number of benzene rings is 2. The molecule has 28 heavy (non-hydrogen) atoms. The summed E-state index contributed by atoms with van der Waals surface area (Å²) in [5.74, 6) is -0.309. The number of pyridine rings is 1. The minimum atomic E-state index is -0.309. The van der Waals surface area contributed by atoms with Crippen molar-refractivity contribution in [2.75, 3.05) is 5.32 Å². The second-order valence-electron chi connectivity index (χ2n) is 6.92. The third-order valence-electron chi connectivity index (χ3n) is 5.08. The van der Waals surface area contributed by atoms with E-state index >= 15 is 0 Å². The van der Waals surface area contributed by atoms with E-state index < -0.39 is 0 Å². The molecular weight excluding hydrogens is 356 g/mol. The standard InChI is InChI=1S/C21H20N4O3/c1-13-10-20(27)25(16-7-5-4-6-15(13)16)12-19(26)22-14-8-9-17-18(11-14)24(3)21(28)23(17)2/h4-11H,12H2,1-3H3,(H,22,26). The van der Waals surface area contributed by atoms with Crippen LogP contribution in [0, 0.1) is 6.92 Å². The molecule has 0 aliphatic rings. The molecule has 7 nitrogen and oxygen atoms in total. The Hall–Kier alpha value is -3.61. The molecule has 0 saturated heterocycles. The molecule has 1 N–H and O–H groups in total. The molecule has 0 saturated carbocycles. The Kier molecular flexibility index (Phi) is 4.15. The van der Waals surface area contributed by atoms with Crippen LogP contribution in [0.25, 0.3) is 21.9 Å². The quantitative estimate of drug-likeness (QED) is 0.595. The highest BCUT2D eigenvalue weighted by Gasteiger charge is 2.12. The van der Waals surface area contributed by atoms with Gasteiger partial charge in [-0.25, -0.2) is 4.79 Å². The van der Waals surface area contributed by atoms with Gasteiger partial charge in [-0.2, -0.15) is 0 Å². The molecule has 0 radical (unpaired) electrons. The zero-order valence-corrected chi connectivity index (χ0v) is 15.9. The van der Waals surface area contributed by atoms with Crippen LogP contribution in [0.1, 0.15) is 5.56 Å². The third-order valence-corrected chi connectivity index (χ3v) is 5.08. The number of hydrogen-bond donors (Lipinski definition) is 1. The number of aromatic nitrogens is 3. The van der Waals surface area contributed by atoms with Gasteiger partial charge in [-0.05, 0) is 36.8 Å². The van der Waals surface area contributed by atoms with Gasteiger partial charge in [0, 0.05) is 31.2 Å². The van der Waals surface area contributed by atoms with Crippen LogP contribution < -0.4 is 16.6 Å². The van der Waals surface area contributed by atoms with Gasteiger partial charge < -0.3 is 5.32 Å². The van der Waals surface area contributed by atoms with Gasteiger partial charge in [0.1, 0.15) is 6.54 Å². The van der Waals surface area contributed by atoms with Crippen molar-refractivity contribution in [2.24, 2.45) is 14.1 Å². The van der Waals surface area contributed by atoms with Crippen LogP contribution in [0.15, 0.2) is 58.1 Å². The van der Waals surface area contributed by atoms with Crippen LogP contribution in [0.3, 0.4) is 0 Å². The summed E-state index contributed by atoms with van der Waals surface area (Å²) in [4.78, 5) is 37.1. The lowest BCUT2D eigenvalue weighted by Crippen LogP contribution is -2.27. The molecule has 1 amide bonds. The van der Waals surface area contributed by atoms with Crippen molar-refractivity contribution in [3.8, 4) is 0 Å². The second kappa shape index (κ2) is 6.53. The predicted molar refractivity (Wildman–Crippen MR) is 110 cm³/mol. The topological polar surface area (TPSA) is 78.0 Å². The van der Waals surface area contributed by atoms with Crippen molar-refractivity contribution in [1.29, 1.82) is 0 Å². The van der Waals surface area contributed by atoms with Gasteiger partial charge in [0.25, 0.3) is 5.56 Å². The molecule has 0 aliphatic carbocycles. The Morgan fingerprint density at radius 3 is 2.43 bits per heavy atom. The van der Waals surface area contributed by atoms with E-state index in [0.29, 0.717) is 5.69 Å². The third kappa shape index (κ3) is 2.81. The molecule has 0 spiro atoms. The van der Waals surface area contributed by atoms with Crippen molar-refractivity contribution in [2.45, 2.75) is 13.5 Å². The number of carbonyl (C=O) groups is 1. The van der Waals surface area contributed by atoms with Crippen LogP contribution >= 0.6 is 0 Å². The highest BCUT2D eigenvalue weighted by atomic mass is 16.2. The number of anilines is 1. The summed E-state index contributed by atoms with van der Waals surface area (Å²) >= 11 is 0. The molecule has 4 aromatic rings. The molecule has 0 atom stereocenters. The number of amides is 1. The van der Waals surface area contributed by atoms with Crippen molar-refractivity contribution in [3.63, 3.8) is 0 Å². The number of imidazole rings is 1. The molecule has 0 fully saturated rings. The minimum absolute atomic E-state index is 0.0919. The number of para-hydroxylation sites is 1. The summed E-state index contributed by atoms with van der Waals surface area (Å²) < 4.78 is 4.55. The van der Waals surface area contributed by atoms with Gasteiger partial charge in [-0.15, -0.1) is 0 Å². The first-order valence-electron chi connectivity index (χ1n) is 8.91. The van der Waals surface area contributed by atoms with Gasteiger partial charge >= 0.3 is 5.69 Å². The van der Waals surface area contributed by atoms with E-state index in [-0.39, 0.29) is 23.7 Å². The molecule has 0 bridgehead atoms. The molecule has 2 aromatic heterocycles. The lowest BCUT2D eigenvalue weighted by molar-refractivity contribution is -0.116. The average molecular weight is 376 g/mol. The molecule has 2 heterocycles. The lowest BCUT2D eigenvalue weighted by atomic mass is 10.1. The fourth-order valence-corrected chi connectivity index (χ4v) is 3.59. The van der Waals surface area contributed by atoms with Gasteiger partial charge in [-0.1, -0.05) is 18.2 Å². The van der Waals surface area contributed by atoms with Crippen LogP contribution in [0.4, 0.5) is 5.69 Å². The number of nitrogens with zero attached hydrogens (tertiary/aromatic N) is 3. The predicted octanol–water partition coefficient (Wildman–Crippen LogP) is 2.14. The SMILES string of the molecule is Cc1cc(=O)n(CC(=O)Nc2ccc3c(c2)n(C)c(=O)n3C)c2ccccc12. The Balaban J connectivity index is 1.67. The molecule has 142 valence electrons. The summed E-state index contributed by atoms with van der Waals surface area (Å²) in [6, 6.07) is 14.4. The number of nitrogens with one attached hydrogen (secondary N) is 1. The Morgan fingerprint density at radius 1 is 0.929 bits per heavy atom. The van der Waals surface area contributed by atoms with Crippen LogP contribution in [0.2, 0.25) is 0 Å². The van der Waals surface area contributed by atoms with Crippen LogP contribution in [0.5, 0.6) is 0 Å². The Morgan fingerprint density at radius 2 is 1.64 bits per heavy atom. The fraction of sp³-hybridized carbons (Fsp3) is 0.190. The van der Waals surface area contributed by atoms with E-state index in [1.165, 1.54) is 9.13 Å². The summed E-state index contributed by atoms with van der Waals surface area (Å²) in [6.45, 7) is 1.79. The highest BCUT2D eigenvalue weighted by molar-refractivity contribution is 5.94. The number of hydrogen-bond acceptors (Lipinski definition) is 3. The van der Waals surface area contributed by atoms with Gasteiger partial charge in [0.15, 0.2) is 0 Å². The van der Waals surface area contributed by atoms with E-state index in [0.717, 1.165) is 27.5 Å². The molecule has 4 rings (SSSR count). The number of rotatable bonds is 3. The Bertz CT molecular complexity index is 1360. The highest BCUT2D eigenvalue weighted by Crippen LogP contribution is 2.18. The fourth-order valence-electron chi connectivity index (χ4n) is 3.59. The first-order chi connectivity index (χ1) is 13.4. The maximum Gasteiger partial charge on any atom is 0.328 e. The van der Waals surface area contributed by atoms with Crippen molar-refractivity contribution >= 4 is 33.5 Å². The summed E-state index contributed by atoms with van der Waals surface area (Å²) in [5, 5.41) is 3.76. The molecule has 2 aromatic carbocycles. The lowest BCUT2D eigenvalue weighted by Gasteiger charge is -2.12. The van der Waals surface area contributed by atoms with Crippen molar-refractivity contribution in [1.82, 2.24) is 13.7 Å². The maximum absolute atomic E-state index is 12.6. The van der Waals surface area contributed by atoms with Crippen LogP contribution in [-0.4, -0.2) is 19.6 Å². The summed E-state index contributed by atoms with van der Waals surface area (Å²) in [5.41, 5.74) is 3.34. The number of fused-ring (bicyclic) bond motifs is 2. The largest absolute Gasteiger partial charge is 0.328 e. The van der Waals surface area contributed by atoms with E-state index in [1.807, 2.05) is 31.2 Å². The zero-order valence-electron chi connectivity index (χ0n) is 15.9. The first kappa shape index (κ1) is 17.8. The summed E-state index contributed by atoms with van der Waals surface area (Å²) in [7, 11) is 3.39.